The lowest BCUT2D eigenvalue weighted by Crippen LogP contribution is -1.81. The third kappa shape index (κ3) is 1.46. The molecule has 14 heavy (non-hydrogen) atoms. The van der Waals surface area contributed by atoms with Gasteiger partial charge >= 0.3 is 0 Å². The normalized spacial score (nSPS) is 11.6. The Bertz CT molecular complexity index is 463. The quantitative estimate of drug-likeness (QED) is 0.670. The van der Waals surface area contributed by atoms with Gasteiger partial charge in [-0.3, -0.25) is 0 Å². The molecule has 0 unspecified atom stereocenters. The highest BCUT2D eigenvalue weighted by atomic mass is 14.9. The third-order valence-corrected chi connectivity index (χ3v) is 2.44. The molecule has 1 heterocycles. The molecule has 0 saturated carbocycles. The number of aryl methyl sites for hydroxylation is 1. The van der Waals surface area contributed by atoms with E-state index in [0.717, 1.165) is 6.42 Å². The predicted molar refractivity (Wildman–Crippen MR) is 62.3 cm³/mol. The summed E-state index contributed by atoms with van der Waals surface area (Å²) < 4.78 is 2.19. The van der Waals surface area contributed by atoms with Gasteiger partial charge in [-0.05, 0) is 25.0 Å². The summed E-state index contributed by atoms with van der Waals surface area (Å²) in [5, 5.41) is 1.34. The van der Waals surface area contributed by atoms with Crippen LogP contribution in [0.1, 0.15) is 18.9 Å². The molecule has 0 N–H and O–H groups in total. The highest BCUT2D eigenvalue weighted by Crippen LogP contribution is 2.20. The molecule has 2 aromatic rings. The van der Waals surface area contributed by atoms with Gasteiger partial charge in [0.2, 0.25) is 0 Å². The van der Waals surface area contributed by atoms with Crippen LogP contribution in [-0.2, 0) is 0 Å². The Labute approximate surface area is 84.7 Å². The number of nitrogens with zero attached hydrogens (tertiary/aromatic N) is 1. The minimum absolute atomic E-state index is 1.07. The summed E-state index contributed by atoms with van der Waals surface area (Å²) in [6.07, 6.45) is 7.56. The average molecular weight is 185 g/mol. The molecule has 0 bridgehead atoms. The molecule has 1 nitrogen and oxygen atoms in total. The summed E-state index contributed by atoms with van der Waals surface area (Å²) >= 11 is 0. The minimum atomic E-state index is 1.07. The first-order chi connectivity index (χ1) is 6.83. The van der Waals surface area contributed by atoms with Gasteiger partial charge in [0.25, 0.3) is 0 Å². The molecule has 0 aliphatic heterocycles. The fourth-order valence-corrected chi connectivity index (χ4v) is 1.72. The first-order valence-electron chi connectivity index (χ1n) is 5.05. The number of benzene rings is 1. The second-order valence-electron chi connectivity index (χ2n) is 3.53. The van der Waals surface area contributed by atoms with Crippen molar-refractivity contribution in [3.8, 4) is 0 Å². The second-order valence-corrected chi connectivity index (χ2v) is 3.53. The first-order valence-corrected chi connectivity index (χ1v) is 5.05. The van der Waals surface area contributed by atoms with E-state index in [1.807, 2.05) is 0 Å². The van der Waals surface area contributed by atoms with Gasteiger partial charge in [0.15, 0.2) is 0 Å². The van der Waals surface area contributed by atoms with Crippen molar-refractivity contribution >= 4 is 17.1 Å². The van der Waals surface area contributed by atoms with E-state index in [4.69, 9.17) is 0 Å². The van der Waals surface area contributed by atoms with Crippen molar-refractivity contribution < 1.29 is 0 Å². The molecule has 72 valence electrons. The topological polar surface area (TPSA) is 4.93 Å². The summed E-state index contributed by atoms with van der Waals surface area (Å²) in [5.74, 6) is 0. The Kier molecular flexibility index (Phi) is 2.40. The molecule has 0 amide bonds. The summed E-state index contributed by atoms with van der Waals surface area (Å²) in [6, 6.07) is 8.49. The molecule has 1 aromatic carbocycles. The summed E-state index contributed by atoms with van der Waals surface area (Å²) in [6.45, 7) is 4.30. The number of hydrogen-bond donors (Lipinski definition) is 0. The third-order valence-electron chi connectivity index (χ3n) is 2.44. The summed E-state index contributed by atoms with van der Waals surface area (Å²) in [7, 11) is 0. The Hall–Kier alpha value is -1.50. The van der Waals surface area contributed by atoms with E-state index in [1.54, 1.807) is 0 Å². The predicted octanol–water partition coefficient (Wildman–Crippen LogP) is 3.83. The van der Waals surface area contributed by atoms with Crippen molar-refractivity contribution in [3.63, 3.8) is 0 Å². The van der Waals surface area contributed by atoms with Gasteiger partial charge in [0.05, 0.1) is 5.52 Å². The average Bonchev–Trinajstić information content (AvgIpc) is 2.54. The molecule has 0 aliphatic carbocycles. The number of aromatic nitrogens is 1. The first kappa shape index (κ1) is 9.07. The molecule has 1 heteroatoms. The lowest BCUT2D eigenvalue weighted by Gasteiger charge is -1.95. The molecule has 0 atom stereocenters. The van der Waals surface area contributed by atoms with Crippen LogP contribution in [0.25, 0.3) is 17.1 Å². The number of allylic oxidation sites excluding steroid dienone is 1. The van der Waals surface area contributed by atoms with E-state index >= 15 is 0 Å². The fraction of sp³-hybridized carbons (Fsp3) is 0.231. The highest BCUT2D eigenvalue weighted by Gasteiger charge is 2.00. The largest absolute Gasteiger partial charge is 0.323 e. The van der Waals surface area contributed by atoms with Crippen LogP contribution in [0.4, 0.5) is 0 Å². The summed E-state index contributed by atoms with van der Waals surface area (Å²) in [4.78, 5) is 0. The number of rotatable bonds is 2. The molecule has 0 radical (unpaired) electrons. The number of fused-ring (bicyclic) bond motifs is 1. The highest BCUT2D eigenvalue weighted by molar-refractivity contribution is 5.85. The maximum Gasteiger partial charge on any atom is 0.0524 e. The Morgan fingerprint density at radius 2 is 2.07 bits per heavy atom. The van der Waals surface area contributed by atoms with E-state index in [9.17, 15) is 0 Å². The standard InChI is InChI=1S/C13H15N/c1-3-4-9-14-10-11(2)12-7-5-6-8-13(12)14/h4-10H,3H2,1-2H3. The lowest BCUT2D eigenvalue weighted by atomic mass is 10.2. The van der Waals surface area contributed by atoms with Crippen LogP contribution in [0.3, 0.4) is 0 Å². The smallest absolute Gasteiger partial charge is 0.0524 e. The van der Waals surface area contributed by atoms with Crippen molar-refractivity contribution in [2.75, 3.05) is 0 Å². The zero-order chi connectivity index (χ0) is 9.97. The zero-order valence-corrected chi connectivity index (χ0v) is 8.70. The van der Waals surface area contributed by atoms with Crippen molar-refractivity contribution in [2.24, 2.45) is 0 Å². The maximum atomic E-state index is 2.19. The molecule has 2 rings (SSSR count). The van der Waals surface area contributed by atoms with Crippen molar-refractivity contribution in [1.29, 1.82) is 0 Å². The number of hydrogen-bond acceptors (Lipinski definition) is 0. The Balaban J connectivity index is 2.61. The Morgan fingerprint density at radius 1 is 1.29 bits per heavy atom. The molecule has 0 fully saturated rings. The van der Waals surface area contributed by atoms with Crippen LogP contribution in [0.2, 0.25) is 0 Å². The minimum Gasteiger partial charge on any atom is -0.323 e. The summed E-state index contributed by atoms with van der Waals surface area (Å²) in [5.41, 5.74) is 2.62. The van der Waals surface area contributed by atoms with Gasteiger partial charge in [-0.2, -0.15) is 0 Å². The van der Waals surface area contributed by atoms with Gasteiger partial charge in [-0.15, -0.1) is 0 Å². The van der Waals surface area contributed by atoms with Crippen LogP contribution in [0.5, 0.6) is 0 Å². The van der Waals surface area contributed by atoms with E-state index in [1.165, 1.54) is 16.5 Å². The second kappa shape index (κ2) is 3.70. The van der Waals surface area contributed by atoms with Gasteiger partial charge in [-0.25, -0.2) is 0 Å². The SMILES string of the molecule is CCC=Cn1cc(C)c2ccccc21. The molecular weight excluding hydrogens is 170 g/mol. The molecule has 0 saturated heterocycles. The zero-order valence-electron chi connectivity index (χ0n) is 8.70. The lowest BCUT2D eigenvalue weighted by molar-refractivity contribution is 1.17. The van der Waals surface area contributed by atoms with E-state index < -0.39 is 0 Å². The van der Waals surface area contributed by atoms with Gasteiger partial charge < -0.3 is 4.57 Å². The van der Waals surface area contributed by atoms with Crippen molar-refractivity contribution in [1.82, 2.24) is 4.57 Å². The maximum absolute atomic E-state index is 2.19. The van der Waals surface area contributed by atoms with E-state index in [0.29, 0.717) is 0 Å². The molecule has 0 spiro atoms. The van der Waals surface area contributed by atoms with Crippen LogP contribution >= 0.6 is 0 Å². The van der Waals surface area contributed by atoms with Gasteiger partial charge in [0, 0.05) is 17.8 Å². The Morgan fingerprint density at radius 3 is 2.86 bits per heavy atom. The molecule has 0 aliphatic rings. The van der Waals surface area contributed by atoms with Crippen LogP contribution in [0.15, 0.2) is 36.5 Å². The molecular formula is C13H15N. The monoisotopic (exact) mass is 185 g/mol. The van der Waals surface area contributed by atoms with Crippen molar-refractivity contribution in [2.45, 2.75) is 20.3 Å². The molecule has 1 aromatic heterocycles. The fourth-order valence-electron chi connectivity index (χ4n) is 1.72. The number of para-hydroxylation sites is 1. The van der Waals surface area contributed by atoms with Gasteiger partial charge in [-0.1, -0.05) is 31.2 Å². The van der Waals surface area contributed by atoms with Crippen LogP contribution in [-0.4, -0.2) is 4.57 Å². The van der Waals surface area contributed by atoms with Crippen molar-refractivity contribution in [3.05, 3.63) is 42.1 Å². The van der Waals surface area contributed by atoms with Crippen LogP contribution in [0, 0.1) is 6.92 Å². The van der Waals surface area contributed by atoms with Crippen LogP contribution < -0.4 is 0 Å². The van der Waals surface area contributed by atoms with Gasteiger partial charge in [0.1, 0.15) is 0 Å². The van der Waals surface area contributed by atoms with E-state index in [-0.39, 0.29) is 0 Å². The van der Waals surface area contributed by atoms with E-state index in [2.05, 4.69) is 61.2 Å².